The van der Waals surface area contributed by atoms with Crippen LogP contribution in [0.1, 0.15) is 16.1 Å². The van der Waals surface area contributed by atoms with Crippen LogP contribution in [-0.2, 0) is 0 Å². The number of hydrogen-bond donors (Lipinski definition) is 1. The predicted octanol–water partition coefficient (Wildman–Crippen LogP) is 3.47. The third-order valence-electron chi connectivity index (χ3n) is 2.89. The van der Waals surface area contributed by atoms with E-state index in [4.69, 9.17) is 9.63 Å². The van der Waals surface area contributed by atoms with Gasteiger partial charge in [0.15, 0.2) is 0 Å². The van der Waals surface area contributed by atoms with Gasteiger partial charge in [0.25, 0.3) is 0 Å². The van der Waals surface area contributed by atoms with Gasteiger partial charge in [-0.25, -0.2) is 9.78 Å². The van der Waals surface area contributed by atoms with E-state index in [1.165, 1.54) is 11.3 Å². The lowest BCUT2D eigenvalue weighted by Crippen LogP contribution is -1.95. The maximum Gasteiger partial charge on any atom is 0.335 e. The lowest BCUT2D eigenvalue weighted by molar-refractivity contribution is 0.0697. The Hall–Kier alpha value is -2.47. The van der Waals surface area contributed by atoms with Crippen LogP contribution in [0, 0.1) is 6.92 Å². The average Bonchev–Trinajstić information content (AvgIpc) is 3.07. The molecule has 0 saturated carbocycles. The molecule has 0 unspecified atom stereocenters. The number of rotatable bonds is 3. The monoisotopic (exact) mass is 286 g/mol. The number of carboxylic acids is 1. The highest BCUT2D eigenvalue weighted by Crippen LogP contribution is 2.30. The van der Waals surface area contributed by atoms with E-state index in [2.05, 4.69) is 10.1 Å². The molecule has 0 aliphatic carbocycles. The van der Waals surface area contributed by atoms with Gasteiger partial charge in [-0.2, -0.15) is 0 Å². The van der Waals surface area contributed by atoms with Crippen LogP contribution in [0.5, 0.6) is 0 Å². The van der Waals surface area contributed by atoms with E-state index in [0.29, 0.717) is 5.76 Å². The topological polar surface area (TPSA) is 76.2 Å². The third-order valence-corrected chi connectivity index (χ3v) is 3.78. The second kappa shape index (κ2) is 4.90. The van der Waals surface area contributed by atoms with Crippen molar-refractivity contribution in [3.8, 4) is 21.8 Å². The number of hydrogen-bond acceptors (Lipinski definition) is 5. The summed E-state index contributed by atoms with van der Waals surface area (Å²) >= 11 is 1.46. The van der Waals surface area contributed by atoms with Gasteiger partial charge in [0.2, 0.25) is 0 Å². The summed E-state index contributed by atoms with van der Waals surface area (Å²) in [6, 6.07) is 6.73. The zero-order chi connectivity index (χ0) is 14.1. The predicted molar refractivity (Wildman–Crippen MR) is 74.7 cm³/mol. The summed E-state index contributed by atoms with van der Waals surface area (Å²) in [7, 11) is 0. The average molecular weight is 286 g/mol. The number of nitrogens with zero attached hydrogens (tertiary/aromatic N) is 2. The van der Waals surface area contributed by atoms with E-state index >= 15 is 0 Å². The zero-order valence-electron chi connectivity index (χ0n) is 10.5. The van der Waals surface area contributed by atoms with Gasteiger partial charge in [-0.15, -0.1) is 11.3 Å². The fourth-order valence-electron chi connectivity index (χ4n) is 1.86. The highest BCUT2D eigenvalue weighted by Gasteiger charge is 2.12. The molecule has 0 aliphatic heterocycles. The normalized spacial score (nSPS) is 10.7. The largest absolute Gasteiger partial charge is 0.478 e. The standard InChI is InChI=1S/C14H10N2O3S/c1-8-11(6-15-19-8)12-7-20-13(16-12)9-3-2-4-10(5-9)14(17)18/h2-7H,1H3,(H,17,18). The van der Waals surface area contributed by atoms with Crippen molar-refractivity contribution in [2.24, 2.45) is 0 Å². The Labute approximate surface area is 118 Å². The summed E-state index contributed by atoms with van der Waals surface area (Å²) in [5.74, 6) is -0.236. The molecule has 1 aromatic carbocycles. The van der Waals surface area contributed by atoms with E-state index in [1.54, 1.807) is 24.4 Å². The van der Waals surface area contributed by atoms with Gasteiger partial charge in [0, 0.05) is 10.9 Å². The highest BCUT2D eigenvalue weighted by molar-refractivity contribution is 7.13. The molecule has 100 valence electrons. The van der Waals surface area contributed by atoms with Crippen molar-refractivity contribution in [2.75, 3.05) is 0 Å². The summed E-state index contributed by atoms with van der Waals surface area (Å²) in [6.07, 6.45) is 1.63. The second-order valence-electron chi connectivity index (χ2n) is 4.22. The first-order chi connectivity index (χ1) is 9.65. The summed E-state index contributed by atoms with van der Waals surface area (Å²) in [5, 5.41) is 15.4. The lowest BCUT2D eigenvalue weighted by Gasteiger charge is -1.98. The van der Waals surface area contributed by atoms with E-state index < -0.39 is 5.97 Å². The van der Waals surface area contributed by atoms with Crippen molar-refractivity contribution >= 4 is 17.3 Å². The number of aromatic nitrogens is 2. The Kier molecular flexibility index (Phi) is 3.08. The van der Waals surface area contributed by atoms with Crippen LogP contribution in [0.3, 0.4) is 0 Å². The Morgan fingerprint density at radius 2 is 2.25 bits per heavy atom. The first-order valence-corrected chi connectivity index (χ1v) is 6.74. The SMILES string of the molecule is Cc1oncc1-c1csc(-c2cccc(C(=O)O)c2)n1. The van der Waals surface area contributed by atoms with Gasteiger partial charge in [0.1, 0.15) is 10.8 Å². The quantitative estimate of drug-likeness (QED) is 0.797. The minimum atomic E-state index is -0.946. The molecule has 2 aromatic heterocycles. The van der Waals surface area contributed by atoms with Crippen molar-refractivity contribution in [1.82, 2.24) is 10.1 Å². The van der Waals surface area contributed by atoms with Gasteiger partial charge < -0.3 is 9.63 Å². The van der Waals surface area contributed by atoms with Gasteiger partial charge in [-0.05, 0) is 19.1 Å². The molecule has 1 N–H and O–H groups in total. The lowest BCUT2D eigenvalue weighted by atomic mass is 10.1. The maximum atomic E-state index is 11.0. The molecule has 2 heterocycles. The summed E-state index contributed by atoms with van der Waals surface area (Å²) in [4.78, 5) is 15.5. The fraction of sp³-hybridized carbons (Fsp3) is 0.0714. The zero-order valence-corrected chi connectivity index (χ0v) is 11.3. The third kappa shape index (κ3) is 2.21. The van der Waals surface area contributed by atoms with Crippen molar-refractivity contribution < 1.29 is 14.4 Å². The molecular formula is C14H10N2O3S. The van der Waals surface area contributed by atoms with E-state index in [0.717, 1.165) is 21.8 Å². The molecule has 6 heteroatoms. The smallest absolute Gasteiger partial charge is 0.335 e. The summed E-state index contributed by atoms with van der Waals surface area (Å²) in [5.41, 5.74) is 2.67. The van der Waals surface area contributed by atoms with Crippen molar-refractivity contribution in [1.29, 1.82) is 0 Å². The van der Waals surface area contributed by atoms with Crippen LogP contribution in [0.4, 0.5) is 0 Å². The van der Waals surface area contributed by atoms with E-state index in [-0.39, 0.29) is 5.56 Å². The van der Waals surface area contributed by atoms with Crippen LogP contribution in [0.15, 0.2) is 40.4 Å². The Balaban J connectivity index is 2.00. The molecular weight excluding hydrogens is 276 g/mol. The van der Waals surface area contributed by atoms with Gasteiger partial charge >= 0.3 is 5.97 Å². The molecule has 0 aliphatic rings. The van der Waals surface area contributed by atoms with Crippen molar-refractivity contribution in [3.63, 3.8) is 0 Å². The summed E-state index contributed by atoms with van der Waals surface area (Å²) in [6.45, 7) is 1.83. The molecule has 0 radical (unpaired) electrons. The van der Waals surface area contributed by atoms with Crippen molar-refractivity contribution in [2.45, 2.75) is 6.92 Å². The van der Waals surface area contributed by atoms with Gasteiger partial charge in [-0.3, -0.25) is 0 Å². The second-order valence-corrected chi connectivity index (χ2v) is 5.08. The van der Waals surface area contributed by atoms with Gasteiger partial charge in [0.05, 0.1) is 23.0 Å². The molecule has 3 aromatic rings. The molecule has 0 saturated heterocycles. The minimum absolute atomic E-state index is 0.250. The van der Waals surface area contributed by atoms with Crippen LogP contribution in [0.25, 0.3) is 21.8 Å². The van der Waals surface area contributed by atoms with E-state index in [9.17, 15) is 4.79 Å². The van der Waals surface area contributed by atoms with Crippen molar-refractivity contribution in [3.05, 3.63) is 47.2 Å². The molecule has 0 spiro atoms. The number of aryl methyl sites for hydroxylation is 1. The Morgan fingerprint density at radius 3 is 2.95 bits per heavy atom. The summed E-state index contributed by atoms with van der Waals surface area (Å²) < 4.78 is 5.02. The molecule has 20 heavy (non-hydrogen) atoms. The Morgan fingerprint density at radius 1 is 1.40 bits per heavy atom. The molecule has 0 bridgehead atoms. The Bertz CT molecular complexity index is 776. The highest BCUT2D eigenvalue weighted by atomic mass is 32.1. The molecule has 0 amide bonds. The van der Waals surface area contributed by atoms with Crippen LogP contribution in [0.2, 0.25) is 0 Å². The molecule has 3 rings (SSSR count). The number of thiazole rings is 1. The fourth-order valence-corrected chi connectivity index (χ4v) is 2.68. The first kappa shape index (κ1) is 12.6. The number of benzene rings is 1. The van der Waals surface area contributed by atoms with Crippen LogP contribution in [-0.4, -0.2) is 21.2 Å². The number of carboxylic acid groups (broad SMARTS) is 1. The number of carbonyl (C=O) groups is 1. The van der Waals surface area contributed by atoms with Crippen LogP contribution < -0.4 is 0 Å². The molecule has 0 atom stereocenters. The van der Waals surface area contributed by atoms with Gasteiger partial charge in [-0.1, -0.05) is 17.3 Å². The molecule has 5 nitrogen and oxygen atoms in total. The first-order valence-electron chi connectivity index (χ1n) is 5.86. The van der Waals surface area contributed by atoms with E-state index in [1.807, 2.05) is 18.4 Å². The van der Waals surface area contributed by atoms with Crippen LogP contribution >= 0.6 is 11.3 Å². The maximum absolute atomic E-state index is 11.0. The minimum Gasteiger partial charge on any atom is -0.478 e. The number of aromatic carboxylic acids is 1. The molecule has 0 fully saturated rings.